The van der Waals surface area contributed by atoms with Crippen molar-refractivity contribution in [2.24, 2.45) is 5.92 Å². The number of benzene rings is 2. The van der Waals surface area contributed by atoms with Crippen molar-refractivity contribution in [1.29, 1.82) is 0 Å². The summed E-state index contributed by atoms with van der Waals surface area (Å²) in [4.78, 5) is 30.9. The molecule has 2 N–H and O–H groups in total. The lowest BCUT2D eigenvalue weighted by atomic mass is 9.96. The molecule has 0 saturated carbocycles. The second kappa shape index (κ2) is 8.21. The molecular weight excluding hydrogens is 384 g/mol. The largest absolute Gasteiger partial charge is 0.348 e. The summed E-state index contributed by atoms with van der Waals surface area (Å²) in [5.41, 5.74) is 3.65. The van der Waals surface area contributed by atoms with E-state index >= 15 is 0 Å². The van der Waals surface area contributed by atoms with Gasteiger partial charge in [-0.15, -0.1) is 0 Å². The minimum atomic E-state index is -0.133. The first-order chi connectivity index (χ1) is 14.0. The summed E-state index contributed by atoms with van der Waals surface area (Å²) in [6.07, 6.45) is 1.60. The fraction of sp³-hybridized carbons (Fsp3) is 0.318. The van der Waals surface area contributed by atoms with Crippen LogP contribution in [0.3, 0.4) is 0 Å². The molecule has 1 aromatic heterocycles. The maximum atomic E-state index is 12.7. The van der Waals surface area contributed by atoms with E-state index in [1.54, 1.807) is 23.5 Å². The predicted molar refractivity (Wildman–Crippen MR) is 119 cm³/mol. The van der Waals surface area contributed by atoms with Crippen molar-refractivity contribution < 1.29 is 9.59 Å². The summed E-state index contributed by atoms with van der Waals surface area (Å²) in [6, 6.07) is 13.6. The highest BCUT2D eigenvalue weighted by molar-refractivity contribution is 7.22. The van der Waals surface area contributed by atoms with Crippen LogP contribution in [-0.4, -0.2) is 29.9 Å². The summed E-state index contributed by atoms with van der Waals surface area (Å²) >= 11 is 1.72. The molecule has 2 amide bonds. The maximum absolute atomic E-state index is 12.7. The fourth-order valence-corrected chi connectivity index (χ4v) is 4.73. The van der Waals surface area contributed by atoms with Crippen LogP contribution < -0.4 is 15.5 Å². The normalized spacial score (nSPS) is 14.8. The van der Waals surface area contributed by atoms with Gasteiger partial charge in [0.15, 0.2) is 5.13 Å². The number of amides is 2. The third-order valence-corrected chi connectivity index (χ3v) is 6.20. The second-order valence-corrected chi connectivity index (χ2v) is 8.49. The Labute approximate surface area is 173 Å². The summed E-state index contributed by atoms with van der Waals surface area (Å²) in [5, 5.41) is 6.75. The van der Waals surface area contributed by atoms with Crippen LogP contribution in [0.2, 0.25) is 0 Å². The average Bonchev–Trinajstić information content (AvgIpc) is 3.11. The first kappa shape index (κ1) is 19.4. The number of nitrogens with one attached hydrogen (secondary N) is 2. The van der Waals surface area contributed by atoms with E-state index in [2.05, 4.69) is 40.7 Å². The van der Waals surface area contributed by atoms with Crippen molar-refractivity contribution in [1.82, 2.24) is 4.98 Å². The Morgan fingerprint density at radius 2 is 1.79 bits per heavy atom. The van der Waals surface area contributed by atoms with Gasteiger partial charge < -0.3 is 15.5 Å². The molecule has 6 nitrogen and oxygen atoms in total. The molecule has 29 heavy (non-hydrogen) atoms. The molecule has 2 heterocycles. The van der Waals surface area contributed by atoms with Gasteiger partial charge in [-0.25, -0.2) is 4.98 Å². The second-order valence-electron chi connectivity index (χ2n) is 7.48. The predicted octanol–water partition coefficient (Wildman–Crippen LogP) is 4.42. The standard InChI is InChI=1S/C22H24N4O2S/c1-14-6-7-19-20(12-14)29-22(25-19)26-10-8-16(9-11-26)21(28)24-18-5-3-4-17(13-18)23-15(2)27/h3-7,12-13,16H,8-11H2,1-2H3,(H,23,27)(H,24,28). The first-order valence-corrected chi connectivity index (χ1v) is 10.6. The summed E-state index contributed by atoms with van der Waals surface area (Å²) in [5.74, 6) is -0.122. The van der Waals surface area contributed by atoms with E-state index in [9.17, 15) is 9.59 Å². The Bertz CT molecular complexity index is 1050. The van der Waals surface area contributed by atoms with Crippen LogP contribution in [0.4, 0.5) is 16.5 Å². The number of aromatic nitrogens is 1. The molecule has 1 aliphatic rings. The number of carbonyl (C=O) groups is 2. The van der Waals surface area contributed by atoms with Crippen molar-refractivity contribution in [2.75, 3.05) is 28.6 Å². The van der Waals surface area contributed by atoms with E-state index in [0.29, 0.717) is 11.4 Å². The topological polar surface area (TPSA) is 74.3 Å². The molecule has 0 atom stereocenters. The molecule has 2 aromatic carbocycles. The minimum Gasteiger partial charge on any atom is -0.348 e. The van der Waals surface area contributed by atoms with Crippen LogP contribution in [0, 0.1) is 12.8 Å². The van der Waals surface area contributed by atoms with Gasteiger partial charge in [-0.3, -0.25) is 9.59 Å². The highest BCUT2D eigenvalue weighted by Gasteiger charge is 2.26. The smallest absolute Gasteiger partial charge is 0.227 e. The molecule has 0 unspecified atom stereocenters. The molecule has 1 fully saturated rings. The zero-order valence-electron chi connectivity index (χ0n) is 16.6. The molecular formula is C22H24N4O2S. The lowest BCUT2D eigenvalue weighted by Crippen LogP contribution is -2.38. The minimum absolute atomic E-state index is 0.0210. The number of aryl methyl sites for hydroxylation is 1. The molecule has 150 valence electrons. The molecule has 3 aromatic rings. The van der Waals surface area contributed by atoms with Crippen molar-refractivity contribution in [3.63, 3.8) is 0 Å². The number of hydrogen-bond acceptors (Lipinski definition) is 5. The van der Waals surface area contributed by atoms with Crippen LogP contribution in [0.1, 0.15) is 25.3 Å². The molecule has 1 aliphatic heterocycles. The van der Waals surface area contributed by atoms with Gasteiger partial charge >= 0.3 is 0 Å². The molecule has 0 radical (unpaired) electrons. The zero-order valence-corrected chi connectivity index (χ0v) is 17.4. The fourth-order valence-electron chi connectivity index (χ4n) is 3.61. The van der Waals surface area contributed by atoms with Gasteiger partial charge in [-0.1, -0.05) is 23.5 Å². The van der Waals surface area contributed by atoms with Crippen LogP contribution in [0.15, 0.2) is 42.5 Å². The van der Waals surface area contributed by atoms with E-state index in [1.807, 2.05) is 12.1 Å². The summed E-state index contributed by atoms with van der Waals surface area (Å²) in [6.45, 7) is 5.20. The van der Waals surface area contributed by atoms with Crippen LogP contribution in [0.25, 0.3) is 10.2 Å². The number of carbonyl (C=O) groups excluding carboxylic acids is 2. The van der Waals surface area contributed by atoms with Gasteiger partial charge in [-0.2, -0.15) is 0 Å². The average molecular weight is 409 g/mol. The summed E-state index contributed by atoms with van der Waals surface area (Å²) in [7, 11) is 0. The SMILES string of the molecule is CC(=O)Nc1cccc(NC(=O)C2CCN(c3nc4ccc(C)cc4s3)CC2)c1. The number of nitrogens with zero attached hydrogens (tertiary/aromatic N) is 2. The molecule has 0 bridgehead atoms. The monoisotopic (exact) mass is 408 g/mol. The van der Waals surface area contributed by atoms with Crippen LogP contribution >= 0.6 is 11.3 Å². The van der Waals surface area contributed by atoms with Gasteiger partial charge in [0, 0.05) is 37.3 Å². The molecule has 0 spiro atoms. The van der Waals surface area contributed by atoms with Crippen molar-refractivity contribution >= 4 is 49.9 Å². The molecule has 1 saturated heterocycles. The Morgan fingerprint density at radius 1 is 1.07 bits per heavy atom. The Hall–Kier alpha value is -2.93. The number of hydrogen-bond donors (Lipinski definition) is 2. The Balaban J connectivity index is 1.36. The maximum Gasteiger partial charge on any atom is 0.227 e. The number of anilines is 3. The number of rotatable bonds is 4. The van der Waals surface area contributed by atoms with Gasteiger partial charge in [0.1, 0.15) is 0 Å². The van der Waals surface area contributed by atoms with Gasteiger partial charge in [0.2, 0.25) is 11.8 Å². The molecule has 0 aliphatic carbocycles. The van der Waals surface area contributed by atoms with Crippen LogP contribution in [0.5, 0.6) is 0 Å². The van der Waals surface area contributed by atoms with E-state index in [4.69, 9.17) is 4.98 Å². The lowest BCUT2D eigenvalue weighted by molar-refractivity contribution is -0.120. The number of thiazole rings is 1. The third kappa shape index (κ3) is 4.56. The Kier molecular flexibility index (Phi) is 5.49. The number of piperidine rings is 1. The molecule has 7 heteroatoms. The van der Waals surface area contributed by atoms with Crippen LogP contribution in [-0.2, 0) is 9.59 Å². The van der Waals surface area contributed by atoms with Gasteiger partial charge in [0.05, 0.1) is 10.2 Å². The van der Waals surface area contributed by atoms with E-state index in [-0.39, 0.29) is 17.7 Å². The van der Waals surface area contributed by atoms with Crippen molar-refractivity contribution in [3.8, 4) is 0 Å². The zero-order chi connectivity index (χ0) is 20.4. The lowest BCUT2D eigenvalue weighted by Gasteiger charge is -2.31. The van der Waals surface area contributed by atoms with Gasteiger partial charge in [-0.05, 0) is 55.7 Å². The first-order valence-electron chi connectivity index (χ1n) is 9.78. The number of fused-ring (bicyclic) bond motifs is 1. The summed E-state index contributed by atoms with van der Waals surface area (Å²) < 4.78 is 1.21. The van der Waals surface area contributed by atoms with Crippen molar-refractivity contribution in [2.45, 2.75) is 26.7 Å². The van der Waals surface area contributed by atoms with Crippen molar-refractivity contribution in [3.05, 3.63) is 48.0 Å². The highest BCUT2D eigenvalue weighted by Crippen LogP contribution is 2.32. The van der Waals surface area contributed by atoms with E-state index in [1.165, 1.54) is 17.2 Å². The highest BCUT2D eigenvalue weighted by atomic mass is 32.1. The van der Waals surface area contributed by atoms with Gasteiger partial charge in [0.25, 0.3) is 0 Å². The van der Waals surface area contributed by atoms with E-state index in [0.717, 1.165) is 36.6 Å². The van der Waals surface area contributed by atoms with E-state index < -0.39 is 0 Å². The third-order valence-electron chi connectivity index (χ3n) is 5.12. The Morgan fingerprint density at radius 3 is 2.52 bits per heavy atom. The quantitative estimate of drug-likeness (QED) is 0.670. The molecule has 4 rings (SSSR count).